The first kappa shape index (κ1) is 58.8. The van der Waals surface area contributed by atoms with Crippen LogP contribution < -0.4 is 5.11 Å². The van der Waals surface area contributed by atoms with Gasteiger partial charge in [0.2, 0.25) is 0 Å². The molecule has 356 valence electrons. The molecule has 0 saturated carbocycles. The van der Waals surface area contributed by atoms with E-state index >= 15 is 0 Å². The van der Waals surface area contributed by atoms with E-state index in [9.17, 15) is 19.5 Å². The third-order valence-electron chi connectivity index (χ3n) is 10.8. The van der Waals surface area contributed by atoms with Crippen molar-refractivity contribution in [3.63, 3.8) is 0 Å². The Morgan fingerprint density at radius 2 is 0.903 bits per heavy atom. The van der Waals surface area contributed by atoms with Crippen LogP contribution in [0, 0.1) is 0 Å². The molecule has 0 aromatic heterocycles. The molecule has 0 aromatic rings. The molecule has 0 aliphatic rings. The Morgan fingerprint density at radius 1 is 0.500 bits per heavy atom. The lowest BCUT2D eigenvalue weighted by atomic mass is 10.1. The van der Waals surface area contributed by atoms with E-state index in [1.807, 2.05) is 0 Å². The van der Waals surface area contributed by atoms with E-state index in [0.29, 0.717) is 6.42 Å². The maximum Gasteiger partial charge on any atom is 0.306 e. The topological polar surface area (TPSA) is 102 Å². The van der Waals surface area contributed by atoms with Crippen LogP contribution in [0.15, 0.2) is 72.9 Å². The van der Waals surface area contributed by atoms with Crippen LogP contribution in [0.5, 0.6) is 0 Å². The molecule has 0 aliphatic heterocycles. The molecule has 2 unspecified atom stereocenters. The third kappa shape index (κ3) is 42.1. The SMILES string of the molecule is CC/C=C\C/C=C\C/C=C\C/C=C\CCCCCCC(=O)OC(COCCC(C(=O)[O-])[N+](C)(C)C)COC(=O)CCCCCCCCCCC/C=C\C/C=C\CCCCCCC. The quantitative estimate of drug-likeness (QED) is 0.0260. The van der Waals surface area contributed by atoms with Crippen molar-refractivity contribution in [3.8, 4) is 0 Å². The third-order valence-corrected chi connectivity index (χ3v) is 10.8. The molecule has 0 aromatic carbocycles. The smallest absolute Gasteiger partial charge is 0.306 e. The minimum atomic E-state index is -1.13. The minimum absolute atomic E-state index is 0.0262. The first-order valence-electron chi connectivity index (χ1n) is 25.0. The molecule has 0 spiro atoms. The molecular weight excluding hydrogens is 775 g/mol. The normalized spacial score (nSPS) is 13.5. The molecule has 0 rings (SSSR count). The average Bonchev–Trinajstić information content (AvgIpc) is 3.23. The van der Waals surface area contributed by atoms with Gasteiger partial charge in [-0.15, -0.1) is 0 Å². The van der Waals surface area contributed by atoms with Crippen LogP contribution in [0.2, 0.25) is 0 Å². The maximum atomic E-state index is 12.8. The first-order chi connectivity index (χ1) is 30.1. The molecule has 0 radical (unpaired) electrons. The number of ether oxygens (including phenoxy) is 3. The second kappa shape index (κ2) is 44.4. The molecule has 0 amide bonds. The number of hydrogen-bond acceptors (Lipinski definition) is 7. The summed E-state index contributed by atoms with van der Waals surface area (Å²) in [4.78, 5) is 37.0. The Kier molecular flexibility index (Phi) is 42.1. The van der Waals surface area contributed by atoms with Gasteiger partial charge in [0.1, 0.15) is 12.6 Å². The highest BCUT2D eigenvalue weighted by molar-refractivity contribution is 5.70. The van der Waals surface area contributed by atoms with Crippen LogP contribution >= 0.6 is 0 Å². The monoisotopic (exact) mass is 868 g/mol. The van der Waals surface area contributed by atoms with Gasteiger partial charge in [-0.1, -0.05) is 170 Å². The fourth-order valence-corrected chi connectivity index (χ4v) is 6.97. The Hall–Kier alpha value is -3.23. The molecule has 62 heavy (non-hydrogen) atoms. The lowest BCUT2D eigenvalue weighted by Crippen LogP contribution is -2.55. The fourth-order valence-electron chi connectivity index (χ4n) is 6.97. The summed E-state index contributed by atoms with van der Waals surface area (Å²) >= 11 is 0. The summed E-state index contributed by atoms with van der Waals surface area (Å²) in [6, 6.07) is -0.735. The largest absolute Gasteiger partial charge is 0.544 e. The zero-order valence-electron chi connectivity index (χ0n) is 40.5. The van der Waals surface area contributed by atoms with Gasteiger partial charge in [-0.2, -0.15) is 0 Å². The number of carbonyl (C=O) groups excluding carboxylic acids is 3. The van der Waals surface area contributed by atoms with Crippen molar-refractivity contribution in [2.45, 2.75) is 212 Å². The number of hydrogen-bond donors (Lipinski definition) is 0. The average molecular weight is 868 g/mol. The van der Waals surface area contributed by atoms with Crippen LogP contribution in [0.3, 0.4) is 0 Å². The molecule has 0 N–H and O–H groups in total. The van der Waals surface area contributed by atoms with Gasteiger partial charge in [-0.05, 0) is 83.5 Å². The van der Waals surface area contributed by atoms with E-state index in [-0.39, 0.29) is 49.1 Å². The Bertz CT molecular complexity index is 1240. The number of aliphatic carboxylic acids is 1. The molecule has 0 bridgehead atoms. The Balaban J connectivity index is 4.31. The second-order valence-corrected chi connectivity index (χ2v) is 17.7. The second-order valence-electron chi connectivity index (χ2n) is 17.7. The van der Waals surface area contributed by atoms with E-state index in [4.69, 9.17) is 14.2 Å². The van der Waals surface area contributed by atoms with Gasteiger partial charge in [0, 0.05) is 19.3 Å². The van der Waals surface area contributed by atoms with Crippen molar-refractivity contribution in [3.05, 3.63) is 72.9 Å². The zero-order valence-corrected chi connectivity index (χ0v) is 40.5. The van der Waals surface area contributed by atoms with E-state index in [0.717, 1.165) is 83.5 Å². The van der Waals surface area contributed by atoms with Crippen LogP contribution in [0.25, 0.3) is 0 Å². The summed E-state index contributed by atoms with van der Waals surface area (Å²) in [5, 5.41) is 11.7. The maximum absolute atomic E-state index is 12.8. The lowest BCUT2D eigenvalue weighted by molar-refractivity contribution is -0.889. The van der Waals surface area contributed by atoms with Gasteiger partial charge in [0.15, 0.2) is 6.10 Å². The number of carboxylic acids is 1. The van der Waals surface area contributed by atoms with Crippen LogP contribution in [-0.4, -0.2) is 75.5 Å². The number of quaternary nitrogens is 1. The molecule has 0 saturated heterocycles. The molecule has 8 heteroatoms. The summed E-state index contributed by atoms with van der Waals surface area (Å²) in [6.45, 7) is 4.51. The van der Waals surface area contributed by atoms with Crippen LogP contribution in [0.1, 0.15) is 200 Å². The number of likely N-dealkylation sites (N-methyl/N-ethyl adjacent to an activating group) is 1. The Labute approximate surface area is 381 Å². The van der Waals surface area contributed by atoms with Gasteiger partial charge in [-0.3, -0.25) is 9.59 Å². The van der Waals surface area contributed by atoms with Crippen molar-refractivity contribution in [2.75, 3.05) is 41.0 Å². The highest BCUT2D eigenvalue weighted by atomic mass is 16.6. The van der Waals surface area contributed by atoms with E-state index < -0.39 is 18.1 Å². The van der Waals surface area contributed by atoms with E-state index in [2.05, 4.69) is 86.8 Å². The van der Waals surface area contributed by atoms with Crippen LogP contribution in [-0.2, 0) is 28.6 Å². The summed E-state index contributed by atoms with van der Waals surface area (Å²) in [6.07, 6.45) is 56.4. The lowest BCUT2D eigenvalue weighted by Gasteiger charge is -2.34. The summed E-state index contributed by atoms with van der Waals surface area (Å²) in [5.41, 5.74) is 0. The number of carbonyl (C=O) groups is 3. The van der Waals surface area contributed by atoms with Crippen molar-refractivity contribution in [2.24, 2.45) is 0 Å². The number of carboxylic acid groups (broad SMARTS) is 1. The predicted octanol–water partition coefficient (Wildman–Crippen LogP) is 13.0. The van der Waals surface area contributed by atoms with Crippen molar-refractivity contribution in [1.29, 1.82) is 0 Å². The van der Waals surface area contributed by atoms with Gasteiger partial charge in [-0.25, -0.2) is 0 Å². The standard InChI is InChI=1S/C54H93NO7/c1-6-8-10-12-14-16-18-20-22-24-25-26-27-29-30-32-34-36-38-40-42-44-52(56)61-49-50(48-60-47-46-51(54(58)59)55(3,4)5)62-53(57)45-43-41-39-37-35-33-31-28-23-21-19-17-15-13-11-9-7-2/h9,11,15,17-18,20-21,23-25,31,33,50-51H,6-8,10,12-14,16,19,22,26-30,32,34-49H2,1-5H3/b11-9-,17-15-,20-18-,23-21-,25-24-,33-31-. The molecule has 0 heterocycles. The zero-order chi connectivity index (χ0) is 45.6. The van der Waals surface area contributed by atoms with Crippen molar-refractivity contribution < 1.29 is 38.2 Å². The van der Waals surface area contributed by atoms with Gasteiger partial charge < -0.3 is 28.6 Å². The van der Waals surface area contributed by atoms with Crippen molar-refractivity contribution in [1.82, 2.24) is 0 Å². The highest BCUT2D eigenvalue weighted by Crippen LogP contribution is 2.14. The number of nitrogens with zero attached hydrogens (tertiary/aromatic N) is 1. The van der Waals surface area contributed by atoms with Gasteiger partial charge in [0.25, 0.3) is 0 Å². The minimum Gasteiger partial charge on any atom is -0.544 e. The number of rotatable bonds is 44. The van der Waals surface area contributed by atoms with Crippen molar-refractivity contribution >= 4 is 17.9 Å². The van der Waals surface area contributed by atoms with E-state index in [1.165, 1.54) is 83.5 Å². The number of esters is 2. The van der Waals surface area contributed by atoms with Gasteiger partial charge in [0.05, 0.1) is 40.3 Å². The summed E-state index contributed by atoms with van der Waals surface area (Å²) < 4.78 is 17.2. The fraction of sp³-hybridized carbons (Fsp3) is 0.722. The highest BCUT2D eigenvalue weighted by Gasteiger charge is 2.25. The first-order valence-corrected chi connectivity index (χ1v) is 25.0. The summed E-state index contributed by atoms with van der Waals surface area (Å²) in [7, 11) is 5.40. The molecular formula is C54H93NO7. The number of unbranched alkanes of at least 4 members (excludes halogenated alkanes) is 18. The Morgan fingerprint density at radius 3 is 1.34 bits per heavy atom. The molecule has 2 atom stereocenters. The molecule has 8 nitrogen and oxygen atoms in total. The number of allylic oxidation sites excluding steroid dienone is 12. The van der Waals surface area contributed by atoms with Crippen LogP contribution in [0.4, 0.5) is 0 Å². The molecule has 0 aliphatic carbocycles. The molecule has 0 fully saturated rings. The van der Waals surface area contributed by atoms with Gasteiger partial charge >= 0.3 is 11.9 Å². The summed E-state index contributed by atoms with van der Waals surface area (Å²) in [5.74, 6) is -1.77. The predicted molar refractivity (Wildman–Crippen MR) is 259 cm³/mol. The van der Waals surface area contributed by atoms with E-state index in [1.54, 1.807) is 21.1 Å².